The Hall–Kier alpha value is -2.84. The fourth-order valence-electron chi connectivity index (χ4n) is 2.89. The van der Waals surface area contributed by atoms with Crippen LogP contribution in [0.3, 0.4) is 0 Å². The van der Waals surface area contributed by atoms with Gasteiger partial charge in [0.2, 0.25) is 0 Å². The Morgan fingerprint density at radius 2 is 1.85 bits per heavy atom. The molecule has 1 aliphatic rings. The van der Waals surface area contributed by atoms with Crippen molar-refractivity contribution in [3.63, 3.8) is 0 Å². The van der Waals surface area contributed by atoms with E-state index in [-0.39, 0.29) is 10.1 Å². The number of carboxylic acid groups (broad SMARTS) is 1. The van der Waals surface area contributed by atoms with Crippen LogP contribution in [0.5, 0.6) is 0 Å². The van der Waals surface area contributed by atoms with E-state index in [2.05, 4.69) is 20.3 Å². The highest BCUT2D eigenvalue weighted by Gasteiger charge is 2.38. The number of piperazine rings is 1. The van der Waals surface area contributed by atoms with Gasteiger partial charge in [0.05, 0.1) is 11.4 Å². The lowest BCUT2D eigenvalue weighted by Crippen LogP contribution is -2.43. The summed E-state index contributed by atoms with van der Waals surface area (Å²) in [5.41, 5.74) is 1.64. The van der Waals surface area contributed by atoms with E-state index in [1.165, 1.54) is 0 Å². The summed E-state index contributed by atoms with van der Waals surface area (Å²) < 4.78 is 60.1. The van der Waals surface area contributed by atoms with Crippen LogP contribution in [0.1, 0.15) is 23.7 Å². The highest BCUT2D eigenvalue weighted by atomic mass is 32.2. The molecule has 0 aliphatic carbocycles. The van der Waals surface area contributed by atoms with Crippen molar-refractivity contribution in [2.24, 2.45) is 0 Å². The summed E-state index contributed by atoms with van der Waals surface area (Å²) in [4.78, 5) is 23.3. The molecule has 0 spiro atoms. The van der Waals surface area contributed by atoms with Crippen molar-refractivity contribution in [2.45, 2.75) is 23.7 Å². The van der Waals surface area contributed by atoms with Gasteiger partial charge in [-0.3, -0.25) is 9.52 Å². The van der Waals surface area contributed by atoms with Crippen LogP contribution in [0.15, 0.2) is 39.9 Å². The van der Waals surface area contributed by atoms with Crippen molar-refractivity contribution in [2.75, 3.05) is 42.3 Å². The van der Waals surface area contributed by atoms with Crippen LogP contribution in [0.2, 0.25) is 0 Å². The molecule has 14 heteroatoms. The van der Waals surface area contributed by atoms with E-state index in [0.29, 0.717) is 17.8 Å². The van der Waals surface area contributed by atoms with Gasteiger partial charge in [0.1, 0.15) is 4.21 Å². The van der Waals surface area contributed by atoms with Gasteiger partial charge < -0.3 is 20.6 Å². The lowest BCUT2D eigenvalue weighted by atomic mass is 10.1. The van der Waals surface area contributed by atoms with E-state index in [0.717, 1.165) is 49.6 Å². The van der Waals surface area contributed by atoms with E-state index in [9.17, 15) is 26.4 Å². The van der Waals surface area contributed by atoms with Gasteiger partial charge in [-0.25, -0.2) is 13.2 Å². The van der Waals surface area contributed by atoms with Crippen molar-refractivity contribution >= 4 is 44.6 Å². The number of sulfonamides is 1. The minimum Gasteiger partial charge on any atom is -0.475 e. The molecule has 9 nitrogen and oxygen atoms in total. The fraction of sp³-hybridized carbons (Fsp3) is 0.400. The van der Waals surface area contributed by atoms with E-state index < -0.39 is 22.2 Å². The lowest BCUT2D eigenvalue weighted by molar-refractivity contribution is -0.192. The molecule has 4 N–H and O–H groups in total. The van der Waals surface area contributed by atoms with Crippen molar-refractivity contribution in [3.8, 4) is 0 Å². The van der Waals surface area contributed by atoms with Gasteiger partial charge >= 0.3 is 12.1 Å². The van der Waals surface area contributed by atoms with E-state index in [1.807, 2.05) is 13.0 Å². The predicted molar refractivity (Wildman–Crippen MR) is 123 cm³/mol. The van der Waals surface area contributed by atoms with Gasteiger partial charge in [-0.15, -0.1) is 11.3 Å². The zero-order valence-electron chi connectivity index (χ0n) is 18.2. The maximum Gasteiger partial charge on any atom is 0.490 e. The van der Waals surface area contributed by atoms with Gasteiger partial charge in [-0.05, 0) is 36.1 Å². The van der Waals surface area contributed by atoms with Crippen LogP contribution in [0.25, 0.3) is 0 Å². The Labute approximate surface area is 199 Å². The summed E-state index contributed by atoms with van der Waals surface area (Å²) in [6, 6.07) is 8.44. The van der Waals surface area contributed by atoms with Crippen LogP contribution in [0.4, 0.5) is 24.5 Å². The summed E-state index contributed by atoms with van der Waals surface area (Å²) in [6.45, 7) is 5.76. The maximum absolute atomic E-state index is 12.7. The molecular weight excluding hydrogens is 497 g/mol. The molecule has 0 radical (unpaired) electrons. The standard InChI is InChI=1S/C18H24N4O3S2.C2HF3O2/c1-2-7-20-18(23)14-5-6-16(22-10-8-19-9-11-22)15(13-14)21-27(24,25)17-4-3-12-26-17;3-2(4,5)1(6)7/h3-6,12-13,19,21H,2,7-11H2,1H3,(H,20,23);(H,6,7). The number of benzene rings is 1. The molecule has 34 heavy (non-hydrogen) atoms. The third kappa shape index (κ3) is 7.88. The minimum absolute atomic E-state index is 0.208. The van der Waals surface area contributed by atoms with Crippen LogP contribution in [0, 0.1) is 0 Å². The Kier molecular flexibility index (Phi) is 9.70. The van der Waals surface area contributed by atoms with E-state index in [1.54, 1.807) is 29.6 Å². The molecule has 2 heterocycles. The SMILES string of the molecule is CCCNC(=O)c1ccc(N2CCNCC2)c(NS(=O)(=O)c2cccs2)c1.O=C(O)C(F)(F)F. The first kappa shape index (κ1) is 27.4. The molecule has 0 saturated carbocycles. The number of nitrogens with one attached hydrogen (secondary N) is 3. The predicted octanol–water partition coefficient (Wildman–Crippen LogP) is 2.73. The second-order valence-corrected chi connectivity index (χ2v) is 9.92. The van der Waals surface area contributed by atoms with E-state index >= 15 is 0 Å². The highest BCUT2D eigenvalue weighted by molar-refractivity contribution is 7.94. The molecular formula is C20H25F3N4O5S2. The molecule has 1 aromatic heterocycles. The molecule has 188 valence electrons. The number of nitrogens with zero attached hydrogens (tertiary/aromatic N) is 1. The van der Waals surface area contributed by atoms with Crippen LogP contribution < -0.4 is 20.3 Å². The number of hydrogen-bond acceptors (Lipinski definition) is 7. The van der Waals surface area contributed by atoms with Gasteiger partial charge in [0, 0.05) is 38.3 Å². The number of halogens is 3. The molecule has 1 saturated heterocycles. The summed E-state index contributed by atoms with van der Waals surface area (Å²) in [5.74, 6) is -2.97. The molecule has 1 aromatic carbocycles. The molecule has 0 atom stereocenters. The fourth-order valence-corrected chi connectivity index (χ4v) is 4.95. The first-order valence-electron chi connectivity index (χ1n) is 10.2. The Morgan fingerprint density at radius 3 is 2.38 bits per heavy atom. The average molecular weight is 523 g/mol. The number of hydrogen-bond donors (Lipinski definition) is 4. The highest BCUT2D eigenvalue weighted by Crippen LogP contribution is 2.30. The number of alkyl halides is 3. The number of thiophene rings is 1. The summed E-state index contributed by atoms with van der Waals surface area (Å²) in [6.07, 6.45) is -4.25. The van der Waals surface area contributed by atoms with Crippen molar-refractivity contribution in [1.29, 1.82) is 0 Å². The Bertz CT molecular complexity index is 1070. The van der Waals surface area contributed by atoms with Crippen molar-refractivity contribution in [1.82, 2.24) is 10.6 Å². The first-order valence-corrected chi connectivity index (χ1v) is 12.6. The monoisotopic (exact) mass is 522 g/mol. The number of anilines is 2. The van der Waals surface area contributed by atoms with Gasteiger partial charge in [-0.2, -0.15) is 13.2 Å². The summed E-state index contributed by atoms with van der Waals surface area (Å²) >= 11 is 1.16. The molecule has 1 fully saturated rings. The van der Waals surface area contributed by atoms with Crippen molar-refractivity contribution < 1.29 is 36.3 Å². The zero-order chi connectivity index (χ0) is 25.4. The Balaban J connectivity index is 0.000000509. The average Bonchev–Trinajstić information content (AvgIpc) is 3.34. The van der Waals surface area contributed by atoms with Crippen LogP contribution in [-0.2, 0) is 14.8 Å². The third-order valence-corrected chi connectivity index (χ3v) is 7.26. The Morgan fingerprint density at radius 1 is 1.21 bits per heavy atom. The van der Waals surface area contributed by atoms with Gasteiger partial charge in [0.25, 0.3) is 15.9 Å². The second kappa shape index (κ2) is 12.0. The summed E-state index contributed by atoms with van der Waals surface area (Å²) in [7, 11) is -3.70. The smallest absolute Gasteiger partial charge is 0.475 e. The number of carbonyl (C=O) groups is 2. The molecule has 1 amide bonds. The lowest BCUT2D eigenvalue weighted by Gasteiger charge is -2.31. The minimum atomic E-state index is -5.08. The number of carbonyl (C=O) groups excluding carboxylic acids is 1. The van der Waals surface area contributed by atoms with E-state index in [4.69, 9.17) is 9.90 Å². The number of rotatable bonds is 7. The maximum atomic E-state index is 12.7. The molecule has 1 aliphatic heterocycles. The largest absolute Gasteiger partial charge is 0.490 e. The quantitative estimate of drug-likeness (QED) is 0.440. The normalized spacial score (nSPS) is 14.1. The first-order chi connectivity index (χ1) is 16.0. The second-order valence-electron chi connectivity index (χ2n) is 7.07. The van der Waals surface area contributed by atoms with Crippen molar-refractivity contribution in [3.05, 3.63) is 41.3 Å². The molecule has 0 bridgehead atoms. The number of amides is 1. The number of carboxylic acids is 1. The third-order valence-electron chi connectivity index (χ3n) is 4.50. The molecule has 3 rings (SSSR count). The van der Waals surface area contributed by atoms with Gasteiger partial charge in [0.15, 0.2) is 0 Å². The number of aliphatic carboxylic acids is 1. The zero-order valence-corrected chi connectivity index (χ0v) is 19.8. The summed E-state index contributed by atoms with van der Waals surface area (Å²) in [5, 5.41) is 15.0. The van der Waals surface area contributed by atoms with Gasteiger partial charge in [-0.1, -0.05) is 13.0 Å². The topological polar surface area (TPSA) is 128 Å². The van der Waals surface area contributed by atoms with Crippen LogP contribution >= 0.6 is 11.3 Å². The molecule has 0 unspecified atom stereocenters. The van der Waals surface area contributed by atoms with Crippen LogP contribution in [-0.4, -0.2) is 64.3 Å². The molecule has 2 aromatic rings.